The topological polar surface area (TPSA) is 41.1 Å². The average Bonchev–Trinajstić information content (AvgIpc) is 2.42. The van der Waals surface area contributed by atoms with Crippen LogP contribution in [0.2, 0.25) is 10.0 Å². The number of hydrogen-bond donors (Lipinski definition) is 2. The molecule has 0 atom stereocenters. The molecular formula is C14H20Cl2N2OS. The molecule has 0 saturated heterocycles. The van der Waals surface area contributed by atoms with E-state index in [4.69, 9.17) is 23.2 Å². The van der Waals surface area contributed by atoms with Gasteiger partial charge in [0.05, 0.1) is 10.0 Å². The molecule has 0 saturated carbocycles. The van der Waals surface area contributed by atoms with Gasteiger partial charge in [-0.25, -0.2) is 4.79 Å². The Balaban J connectivity index is 2.15. The summed E-state index contributed by atoms with van der Waals surface area (Å²) in [4.78, 5) is 11.6. The van der Waals surface area contributed by atoms with E-state index < -0.39 is 0 Å². The van der Waals surface area contributed by atoms with Crippen LogP contribution in [0, 0.1) is 0 Å². The molecule has 0 bridgehead atoms. The Hall–Kier alpha value is -0.580. The first-order valence-electron chi connectivity index (χ1n) is 6.71. The molecule has 6 heteroatoms. The van der Waals surface area contributed by atoms with Crippen LogP contribution in [-0.4, -0.2) is 24.1 Å². The van der Waals surface area contributed by atoms with Crippen molar-refractivity contribution in [2.24, 2.45) is 0 Å². The van der Waals surface area contributed by atoms with E-state index in [0.29, 0.717) is 22.3 Å². The third kappa shape index (κ3) is 7.27. The Labute approximate surface area is 134 Å². The number of nitrogens with one attached hydrogen (secondary N) is 2. The molecule has 0 unspecified atom stereocenters. The maximum Gasteiger partial charge on any atom is 0.319 e. The van der Waals surface area contributed by atoms with Gasteiger partial charge < -0.3 is 10.6 Å². The Kier molecular flexibility index (Phi) is 8.90. The van der Waals surface area contributed by atoms with E-state index in [-0.39, 0.29) is 6.03 Å². The lowest BCUT2D eigenvalue weighted by molar-refractivity contribution is 0.252. The fourth-order valence-corrected chi connectivity index (χ4v) is 2.82. The van der Waals surface area contributed by atoms with Gasteiger partial charge in [-0.2, -0.15) is 11.8 Å². The Bertz CT molecular complexity index is 430. The number of hydrogen-bond acceptors (Lipinski definition) is 2. The lowest BCUT2D eigenvalue weighted by Crippen LogP contribution is -2.29. The number of urea groups is 1. The molecule has 0 heterocycles. The van der Waals surface area contributed by atoms with Gasteiger partial charge in [0, 0.05) is 12.2 Å². The zero-order chi connectivity index (χ0) is 14.8. The van der Waals surface area contributed by atoms with Gasteiger partial charge in [0.15, 0.2) is 0 Å². The van der Waals surface area contributed by atoms with Crippen molar-refractivity contribution >= 4 is 46.7 Å². The second-order valence-electron chi connectivity index (χ2n) is 4.33. The van der Waals surface area contributed by atoms with Gasteiger partial charge in [-0.1, -0.05) is 36.5 Å². The summed E-state index contributed by atoms with van der Waals surface area (Å²) in [6.07, 6.45) is 3.47. The fourth-order valence-electron chi connectivity index (χ4n) is 1.47. The van der Waals surface area contributed by atoms with Crippen LogP contribution in [0.3, 0.4) is 0 Å². The monoisotopic (exact) mass is 334 g/mol. The van der Waals surface area contributed by atoms with Gasteiger partial charge in [-0.3, -0.25) is 0 Å². The van der Waals surface area contributed by atoms with E-state index >= 15 is 0 Å². The van der Waals surface area contributed by atoms with Crippen LogP contribution in [0.4, 0.5) is 10.5 Å². The highest BCUT2D eigenvalue weighted by Gasteiger charge is 2.03. The predicted octanol–water partition coefficient (Wildman–Crippen LogP) is 5.04. The van der Waals surface area contributed by atoms with E-state index in [1.807, 2.05) is 11.8 Å². The molecule has 0 aliphatic heterocycles. The number of benzene rings is 1. The largest absolute Gasteiger partial charge is 0.338 e. The Morgan fingerprint density at radius 3 is 2.65 bits per heavy atom. The molecule has 2 N–H and O–H groups in total. The summed E-state index contributed by atoms with van der Waals surface area (Å²) >= 11 is 13.6. The summed E-state index contributed by atoms with van der Waals surface area (Å²) in [7, 11) is 0. The molecule has 0 spiro atoms. The van der Waals surface area contributed by atoms with Crippen LogP contribution in [0.25, 0.3) is 0 Å². The van der Waals surface area contributed by atoms with Crippen molar-refractivity contribution in [1.82, 2.24) is 5.32 Å². The zero-order valence-electron chi connectivity index (χ0n) is 11.5. The molecule has 0 aliphatic rings. The minimum absolute atomic E-state index is 0.220. The fraction of sp³-hybridized carbons (Fsp3) is 0.500. The molecule has 3 nitrogen and oxygen atoms in total. The molecule has 0 radical (unpaired) electrons. The quantitative estimate of drug-likeness (QED) is 0.654. The first kappa shape index (κ1) is 17.5. The van der Waals surface area contributed by atoms with Gasteiger partial charge in [-0.15, -0.1) is 0 Å². The van der Waals surface area contributed by atoms with Gasteiger partial charge in [0.25, 0.3) is 0 Å². The van der Waals surface area contributed by atoms with Crippen LogP contribution in [0.5, 0.6) is 0 Å². The summed E-state index contributed by atoms with van der Waals surface area (Å²) in [6, 6.07) is 4.78. The summed E-state index contributed by atoms with van der Waals surface area (Å²) in [6.45, 7) is 2.86. The highest BCUT2D eigenvalue weighted by Crippen LogP contribution is 2.24. The van der Waals surface area contributed by atoms with Crippen LogP contribution in [-0.2, 0) is 0 Å². The van der Waals surface area contributed by atoms with E-state index in [1.165, 1.54) is 18.6 Å². The molecule has 1 aromatic carbocycles. The van der Waals surface area contributed by atoms with Crippen LogP contribution >= 0.6 is 35.0 Å². The normalized spacial score (nSPS) is 10.3. The lowest BCUT2D eigenvalue weighted by Gasteiger charge is -2.08. The summed E-state index contributed by atoms with van der Waals surface area (Å²) < 4.78 is 0. The predicted molar refractivity (Wildman–Crippen MR) is 90.3 cm³/mol. The first-order chi connectivity index (χ1) is 9.63. The van der Waals surface area contributed by atoms with E-state index in [1.54, 1.807) is 18.2 Å². The molecule has 1 rings (SSSR count). The lowest BCUT2D eigenvalue weighted by atomic mass is 10.3. The van der Waals surface area contributed by atoms with E-state index in [9.17, 15) is 4.79 Å². The maximum absolute atomic E-state index is 11.6. The van der Waals surface area contributed by atoms with Crippen molar-refractivity contribution in [2.45, 2.75) is 26.2 Å². The molecule has 1 aromatic rings. The number of anilines is 1. The second-order valence-corrected chi connectivity index (χ2v) is 6.37. The van der Waals surface area contributed by atoms with Crippen LogP contribution < -0.4 is 10.6 Å². The standard InChI is InChI=1S/C14H20Cl2N2OS/c1-2-3-8-20-9-4-7-17-14(19)18-11-5-6-12(15)13(16)10-11/h5-6,10H,2-4,7-9H2,1H3,(H2,17,18,19). The smallest absolute Gasteiger partial charge is 0.319 e. The van der Waals surface area contributed by atoms with Gasteiger partial charge in [0.1, 0.15) is 0 Å². The van der Waals surface area contributed by atoms with E-state index in [0.717, 1.165) is 12.2 Å². The Morgan fingerprint density at radius 1 is 1.20 bits per heavy atom. The number of amides is 2. The average molecular weight is 335 g/mol. The highest BCUT2D eigenvalue weighted by molar-refractivity contribution is 7.99. The van der Waals surface area contributed by atoms with Crippen molar-refractivity contribution in [2.75, 3.05) is 23.4 Å². The SMILES string of the molecule is CCCCSCCCNC(=O)Nc1ccc(Cl)c(Cl)c1. The number of halogens is 2. The molecule has 20 heavy (non-hydrogen) atoms. The van der Waals surface area contributed by atoms with Crippen LogP contribution in [0.1, 0.15) is 26.2 Å². The summed E-state index contributed by atoms with van der Waals surface area (Å²) in [5, 5.41) is 6.44. The minimum atomic E-state index is -0.220. The number of rotatable bonds is 8. The van der Waals surface area contributed by atoms with Crippen molar-refractivity contribution in [3.8, 4) is 0 Å². The van der Waals surface area contributed by atoms with Crippen LogP contribution in [0.15, 0.2) is 18.2 Å². The third-order valence-corrected chi connectivity index (χ3v) is 4.46. The van der Waals surface area contributed by atoms with Crippen molar-refractivity contribution < 1.29 is 4.79 Å². The van der Waals surface area contributed by atoms with Gasteiger partial charge in [-0.05, 0) is 42.5 Å². The zero-order valence-corrected chi connectivity index (χ0v) is 13.9. The van der Waals surface area contributed by atoms with Gasteiger partial charge >= 0.3 is 6.03 Å². The molecule has 2 amide bonds. The van der Waals surface area contributed by atoms with E-state index in [2.05, 4.69) is 17.6 Å². The van der Waals surface area contributed by atoms with Crippen molar-refractivity contribution in [3.05, 3.63) is 28.2 Å². The number of thioether (sulfide) groups is 1. The molecule has 0 aromatic heterocycles. The molecule has 0 aliphatic carbocycles. The molecular weight excluding hydrogens is 315 g/mol. The Morgan fingerprint density at radius 2 is 1.95 bits per heavy atom. The number of unbranched alkanes of at least 4 members (excludes halogenated alkanes) is 1. The second kappa shape index (κ2) is 10.2. The van der Waals surface area contributed by atoms with Crippen molar-refractivity contribution in [3.63, 3.8) is 0 Å². The minimum Gasteiger partial charge on any atom is -0.338 e. The first-order valence-corrected chi connectivity index (χ1v) is 8.62. The third-order valence-electron chi connectivity index (χ3n) is 2.57. The summed E-state index contributed by atoms with van der Waals surface area (Å²) in [5.74, 6) is 2.28. The highest BCUT2D eigenvalue weighted by atomic mass is 35.5. The molecule has 0 fully saturated rings. The van der Waals surface area contributed by atoms with Gasteiger partial charge in [0.2, 0.25) is 0 Å². The van der Waals surface area contributed by atoms with Crippen molar-refractivity contribution in [1.29, 1.82) is 0 Å². The molecule has 112 valence electrons. The maximum atomic E-state index is 11.6. The summed E-state index contributed by atoms with van der Waals surface area (Å²) in [5.41, 5.74) is 0.634. The number of carbonyl (C=O) groups is 1. The number of carbonyl (C=O) groups excluding carboxylic acids is 1.